The van der Waals surface area contributed by atoms with Crippen LogP contribution in [0.4, 0.5) is 0 Å². The van der Waals surface area contributed by atoms with E-state index in [-0.39, 0.29) is 0 Å². The number of rotatable bonds is 7. The van der Waals surface area contributed by atoms with Crippen molar-refractivity contribution in [3.63, 3.8) is 0 Å². The Balaban J connectivity index is 2.66. The van der Waals surface area contributed by atoms with Crippen LogP contribution in [-0.2, 0) is 23.8 Å². The van der Waals surface area contributed by atoms with Gasteiger partial charge in [0.25, 0.3) is 10.2 Å². The number of nitrogens with two attached hydrogens (primary N) is 1. The first-order valence-corrected chi connectivity index (χ1v) is 7.13. The largest absolute Gasteiger partial charge is 0.330 e. The van der Waals surface area contributed by atoms with Gasteiger partial charge < -0.3 is 5.73 Å². The van der Waals surface area contributed by atoms with Crippen molar-refractivity contribution < 1.29 is 8.42 Å². The lowest BCUT2D eigenvalue weighted by Gasteiger charge is -2.23. The summed E-state index contributed by atoms with van der Waals surface area (Å²) < 4.78 is 28.5. The van der Waals surface area contributed by atoms with Gasteiger partial charge >= 0.3 is 0 Å². The topological polar surface area (TPSA) is 84.5 Å². The van der Waals surface area contributed by atoms with Crippen molar-refractivity contribution in [2.24, 2.45) is 12.8 Å². The third kappa shape index (κ3) is 3.77. The molecule has 0 saturated heterocycles. The van der Waals surface area contributed by atoms with Gasteiger partial charge in [-0.05, 0) is 13.0 Å². The molecule has 0 saturated carbocycles. The molecule has 0 radical (unpaired) electrons. The Morgan fingerprint density at radius 3 is 2.56 bits per heavy atom. The van der Waals surface area contributed by atoms with E-state index in [4.69, 9.17) is 5.73 Å². The fraction of sp³-hybridized carbons (Fsp3) is 0.700. The molecule has 1 rings (SSSR count). The third-order valence-electron chi connectivity index (χ3n) is 2.63. The van der Waals surface area contributed by atoms with Crippen LogP contribution in [0.15, 0.2) is 12.4 Å². The number of aryl methyl sites for hydroxylation is 1. The molecule has 0 fully saturated rings. The number of hydrogen-bond donors (Lipinski definition) is 1. The predicted molar refractivity (Wildman–Crippen MR) is 69.9 cm³/mol. The van der Waals surface area contributed by atoms with Gasteiger partial charge in [0.15, 0.2) is 0 Å². The zero-order valence-electron chi connectivity index (χ0n) is 11.1. The van der Waals surface area contributed by atoms with Gasteiger partial charge in [-0.3, -0.25) is 4.68 Å². The molecule has 8 heteroatoms. The molecule has 2 N–H and O–H groups in total. The SMILES string of the molecule is CN(CCCN)S(=O)(=O)N(C)Cc1cnn(C)c1. The molecule has 1 heterocycles. The smallest absolute Gasteiger partial charge is 0.281 e. The summed E-state index contributed by atoms with van der Waals surface area (Å²) >= 11 is 0. The maximum atomic E-state index is 12.1. The molecule has 7 nitrogen and oxygen atoms in total. The fourth-order valence-corrected chi connectivity index (χ4v) is 2.71. The monoisotopic (exact) mass is 275 g/mol. The summed E-state index contributed by atoms with van der Waals surface area (Å²) in [5.41, 5.74) is 6.23. The molecular formula is C10H21N5O2S. The van der Waals surface area contributed by atoms with E-state index in [9.17, 15) is 8.42 Å². The van der Waals surface area contributed by atoms with Gasteiger partial charge in [0.2, 0.25) is 0 Å². The molecule has 0 aliphatic heterocycles. The van der Waals surface area contributed by atoms with Crippen molar-refractivity contribution in [2.45, 2.75) is 13.0 Å². The van der Waals surface area contributed by atoms with Crippen LogP contribution in [0.25, 0.3) is 0 Å². The van der Waals surface area contributed by atoms with Crippen LogP contribution in [0, 0.1) is 0 Å². The molecule has 104 valence electrons. The van der Waals surface area contributed by atoms with E-state index in [1.165, 1.54) is 8.61 Å². The fourth-order valence-electron chi connectivity index (χ4n) is 1.56. The quantitative estimate of drug-likeness (QED) is 0.718. The van der Waals surface area contributed by atoms with Crippen molar-refractivity contribution in [1.29, 1.82) is 0 Å². The highest BCUT2D eigenvalue weighted by atomic mass is 32.2. The summed E-state index contributed by atoms with van der Waals surface area (Å²) in [6.07, 6.45) is 4.11. The van der Waals surface area contributed by atoms with E-state index in [0.717, 1.165) is 5.56 Å². The van der Waals surface area contributed by atoms with Crippen LogP contribution in [-0.4, -0.2) is 54.0 Å². The van der Waals surface area contributed by atoms with Gasteiger partial charge in [0.1, 0.15) is 0 Å². The Morgan fingerprint density at radius 2 is 2.06 bits per heavy atom. The normalized spacial score (nSPS) is 12.6. The van der Waals surface area contributed by atoms with Crippen LogP contribution >= 0.6 is 0 Å². The van der Waals surface area contributed by atoms with Crippen molar-refractivity contribution in [3.05, 3.63) is 18.0 Å². The zero-order valence-corrected chi connectivity index (χ0v) is 11.9. The van der Waals surface area contributed by atoms with Gasteiger partial charge in [-0.1, -0.05) is 0 Å². The first-order valence-electron chi connectivity index (χ1n) is 5.73. The lowest BCUT2D eigenvalue weighted by molar-refractivity contribution is 0.387. The maximum Gasteiger partial charge on any atom is 0.281 e. The molecule has 0 aliphatic rings. The number of nitrogens with zero attached hydrogens (tertiary/aromatic N) is 4. The van der Waals surface area contributed by atoms with E-state index in [1.807, 2.05) is 0 Å². The maximum absolute atomic E-state index is 12.1. The van der Waals surface area contributed by atoms with Gasteiger partial charge in [-0.15, -0.1) is 0 Å². The molecule has 1 aromatic rings. The number of hydrogen-bond acceptors (Lipinski definition) is 4. The molecule has 0 atom stereocenters. The highest BCUT2D eigenvalue weighted by molar-refractivity contribution is 7.86. The summed E-state index contributed by atoms with van der Waals surface area (Å²) in [5.74, 6) is 0. The summed E-state index contributed by atoms with van der Waals surface area (Å²) in [5, 5.41) is 4.01. The predicted octanol–water partition coefficient (Wildman–Crippen LogP) is -0.623. The Labute approximate surface area is 108 Å². The summed E-state index contributed by atoms with van der Waals surface area (Å²) in [6.45, 7) is 1.21. The third-order valence-corrected chi connectivity index (χ3v) is 4.52. The van der Waals surface area contributed by atoms with Gasteiger partial charge in [-0.2, -0.15) is 22.1 Å². The second-order valence-corrected chi connectivity index (χ2v) is 6.39. The first kappa shape index (κ1) is 15.1. The molecule has 0 amide bonds. The minimum Gasteiger partial charge on any atom is -0.330 e. The lowest BCUT2D eigenvalue weighted by atomic mass is 10.4. The zero-order chi connectivity index (χ0) is 13.8. The van der Waals surface area contributed by atoms with E-state index in [0.29, 0.717) is 26.1 Å². The second-order valence-electron chi connectivity index (χ2n) is 4.25. The molecular weight excluding hydrogens is 254 g/mol. The molecule has 0 spiro atoms. The minimum atomic E-state index is -3.43. The van der Waals surface area contributed by atoms with E-state index in [1.54, 1.807) is 38.2 Å². The molecule has 18 heavy (non-hydrogen) atoms. The Hall–Kier alpha value is -0.960. The lowest BCUT2D eigenvalue weighted by Crippen LogP contribution is -2.40. The van der Waals surface area contributed by atoms with Crippen LogP contribution in [0.5, 0.6) is 0 Å². The van der Waals surface area contributed by atoms with Crippen molar-refractivity contribution in [1.82, 2.24) is 18.4 Å². The molecule has 0 aromatic carbocycles. The molecule has 1 aromatic heterocycles. The van der Waals surface area contributed by atoms with Crippen LogP contribution in [0.2, 0.25) is 0 Å². The van der Waals surface area contributed by atoms with Crippen LogP contribution in [0.3, 0.4) is 0 Å². The van der Waals surface area contributed by atoms with Crippen molar-refractivity contribution in [3.8, 4) is 0 Å². The molecule has 0 aliphatic carbocycles. The molecule has 0 unspecified atom stereocenters. The summed E-state index contributed by atoms with van der Waals surface area (Å²) in [7, 11) is 1.49. The van der Waals surface area contributed by atoms with Gasteiger partial charge in [-0.25, -0.2) is 0 Å². The van der Waals surface area contributed by atoms with E-state index in [2.05, 4.69) is 5.10 Å². The van der Waals surface area contributed by atoms with E-state index >= 15 is 0 Å². The summed E-state index contributed by atoms with van der Waals surface area (Å²) in [4.78, 5) is 0. The average Bonchev–Trinajstić information content (AvgIpc) is 2.71. The second kappa shape index (κ2) is 6.28. The average molecular weight is 275 g/mol. The highest BCUT2D eigenvalue weighted by Crippen LogP contribution is 2.09. The van der Waals surface area contributed by atoms with Crippen molar-refractivity contribution in [2.75, 3.05) is 27.2 Å². The van der Waals surface area contributed by atoms with Crippen LogP contribution in [0.1, 0.15) is 12.0 Å². The highest BCUT2D eigenvalue weighted by Gasteiger charge is 2.23. The standard InChI is InChI=1S/C10H21N5O2S/c1-13-8-10(7-12-13)9-15(3)18(16,17)14(2)6-4-5-11/h7-8H,4-6,9,11H2,1-3H3. The first-order chi connectivity index (χ1) is 8.37. The minimum absolute atomic E-state index is 0.309. The van der Waals surface area contributed by atoms with Crippen LogP contribution < -0.4 is 5.73 Å². The molecule has 0 bridgehead atoms. The summed E-state index contributed by atoms with van der Waals surface area (Å²) in [6, 6.07) is 0. The Morgan fingerprint density at radius 1 is 1.39 bits per heavy atom. The van der Waals surface area contributed by atoms with Crippen molar-refractivity contribution >= 4 is 10.2 Å². The number of aromatic nitrogens is 2. The van der Waals surface area contributed by atoms with E-state index < -0.39 is 10.2 Å². The Bertz CT molecular complexity index is 470. The van der Waals surface area contributed by atoms with Gasteiger partial charge in [0, 0.05) is 46.0 Å². The Kier molecular flexibility index (Phi) is 5.27. The van der Waals surface area contributed by atoms with Gasteiger partial charge in [0.05, 0.1) is 6.20 Å².